The highest BCUT2D eigenvalue weighted by Gasteiger charge is 2.35. The predicted octanol–water partition coefficient (Wildman–Crippen LogP) is 1.04. The van der Waals surface area contributed by atoms with E-state index in [0.717, 1.165) is 0 Å². The molecule has 0 atom stereocenters. The molecule has 0 aliphatic rings. The van der Waals surface area contributed by atoms with Crippen LogP contribution in [0.1, 0.15) is 26.5 Å². The van der Waals surface area contributed by atoms with Crippen molar-refractivity contribution in [2.75, 3.05) is 11.4 Å². The van der Waals surface area contributed by atoms with Gasteiger partial charge < -0.3 is 10.0 Å². The van der Waals surface area contributed by atoms with Crippen molar-refractivity contribution in [2.24, 2.45) is 0 Å². The van der Waals surface area contributed by atoms with Gasteiger partial charge in [0.25, 0.3) is 0 Å². The summed E-state index contributed by atoms with van der Waals surface area (Å²) >= 11 is 0. The Hall–Kier alpha value is -2.16. The summed E-state index contributed by atoms with van der Waals surface area (Å²) in [7, 11) is 0. The molecule has 6 heteroatoms. The fourth-order valence-corrected chi connectivity index (χ4v) is 1.53. The van der Waals surface area contributed by atoms with Crippen LogP contribution < -0.4 is 4.90 Å². The fourth-order valence-electron chi connectivity index (χ4n) is 1.53. The molecule has 0 amide bonds. The van der Waals surface area contributed by atoms with E-state index in [9.17, 15) is 9.90 Å². The van der Waals surface area contributed by atoms with E-state index >= 15 is 0 Å². The Labute approximate surface area is 99.5 Å². The van der Waals surface area contributed by atoms with E-state index in [1.807, 2.05) is 6.07 Å². The van der Waals surface area contributed by atoms with Crippen LogP contribution in [0.2, 0.25) is 0 Å². The van der Waals surface area contributed by atoms with Crippen LogP contribution in [0.5, 0.6) is 0 Å². The highest BCUT2D eigenvalue weighted by molar-refractivity contribution is 5.82. The standard InChI is InChI=1S/C11H14N4O2/c1-4-15(11(2,3)10(16)17)9-8(7-12)13-5-6-14-9/h5-6H,4H2,1-3H3,(H,16,17). The third-order valence-electron chi connectivity index (χ3n) is 2.55. The molecule has 17 heavy (non-hydrogen) atoms. The average Bonchev–Trinajstić information content (AvgIpc) is 2.30. The minimum Gasteiger partial charge on any atom is -0.480 e. The molecule has 1 heterocycles. The van der Waals surface area contributed by atoms with Crippen LogP contribution in [0.4, 0.5) is 5.82 Å². The lowest BCUT2D eigenvalue weighted by Crippen LogP contribution is -2.51. The number of carbonyl (C=O) groups is 1. The monoisotopic (exact) mass is 234 g/mol. The molecular formula is C11H14N4O2. The summed E-state index contributed by atoms with van der Waals surface area (Å²) in [5.41, 5.74) is -1.01. The van der Waals surface area contributed by atoms with Crippen LogP contribution in [0.3, 0.4) is 0 Å². The second-order valence-electron chi connectivity index (χ2n) is 3.95. The summed E-state index contributed by atoms with van der Waals surface area (Å²) in [5.74, 6) is -0.682. The summed E-state index contributed by atoms with van der Waals surface area (Å²) in [6, 6.07) is 1.91. The quantitative estimate of drug-likeness (QED) is 0.837. The van der Waals surface area contributed by atoms with Gasteiger partial charge in [-0.3, -0.25) is 0 Å². The molecule has 1 aromatic heterocycles. The van der Waals surface area contributed by atoms with Crippen molar-refractivity contribution in [3.05, 3.63) is 18.1 Å². The topological polar surface area (TPSA) is 90.1 Å². The highest BCUT2D eigenvalue weighted by atomic mass is 16.4. The summed E-state index contributed by atoms with van der Waals surface area (Å²) in [6.07, 6.45) is 2.85. The largest absolute Gasteiger partial charge is 0.480 e. The molecule has 1 aromatic rings. The number of hydrogen-bond acceptors (Lipinski definition) is 5. The first-order valence-corrected chi connectivity index (χ1v) is 5.17. The maximum absolute atomic E-state index is 11.2. The van der Waals surface area contributed by atoms with E-state index in [1.165, 1.54) is 12.4 Å². The van der Waals surface area contributed by atoms with Gasteiger partial charge in [0.05, 0.1) is 0 Å². The Morgan fingerprint density at radius 2 is 2.12 bits per heavy atom. The number of carboxylic acids is 1. The molecule has 0 saturated heterocycles. The molecule has 0 unspecified atom stereocenters. The molecule has 1 rings (SSSR count). The van der Waals surface area contributed by atoms with Crippen molar-refractivity contribution in [2.45, 2.75) is 26.3 Å². The van der Waals surface area contributed by atoms with Gasteiger partial charge in [0.2, 0.25) is 0 Å². The third-order valence-corrected chi connectivity index (χ3v) is 2.55. The smallest absolute Gasteiger partial charge is 0.329 e. The van der Waals surface area contributed by atoms with Gasteiger partial charge in [0.15, 0.2) is 11.5 Å². The Morgan fingerprint density at radius 1 is 1.53 bits per heavy atom. The van der Waals surface area contributed by atoms with Gasteiger partial charge in [0, 0.05) is 18.9 Å². The SMILES string of the molecule is CCN(c1nccnc1C#N)C(C)(C)C(=O)O. The second kappa shape index (κ2) is 4.78. The zero-order valence-corrected chi connectivity index (χ0v) is 10.0. The maximum Gasteiger partial charge on any atom is 0.329 e. The van der Waals surface area contributed by atoms with Crippen LogP contribution in [-0.4, -0.2) is 33.1 Å². The molecule has 0 aliphatic carbocycles. The molecule has 0 saturated carbocycles. The first-order valence-electron chi connectivity index (χ1n) is 5.17. The highest BCUT2D eigenvalue weighted by Crippen LogP contribution is 2.23. The molecule has 1 N–H and O–H groups in total. The van der Waals surface area contributed by atoms with Crippen molar-refractivity contribution in [3.8, 4) is 6.07 Å². The van der Waals surface area contributed by atoms with Crippen molar-refractivity contribution in [1.82, 2.24) is 9.97 Å². The van der Waals surface area contributed by atoms with E-state index in [2.05, 4.69) is 9.97 Å². The number of likely N-dealkylation sites (N-methyl/N-ethyl adjacent to an activating group) is 1. The van der Waals surface area contributed by atoms with Gasteiger partial charge in [-0.2, -0.15) is 5.26 Å². The average molecular weight is 234 g/mol. The Morgan fingerprint density at radius 3 is 2.59 bits per heavy atom. The molecule has 0 spiro atoms. The van der Waals surface area contributed by atoms with Crippen LogP contribution in [0.15, 0.2) is 12.4 Å². The zero-order chi connectivity index (χ0) is 13.1. The lowest BCUT2D eigenvalue weighted by Gasteiger charge is -2.35. The number of aliphatic carboxylic acids is 1. The van der Waals surface area contributed by atoms with E-state index in [4.69, 9.17) is 5.26 Å². The summed E-state index contributed by atoms with van der Waals surface area (Å²) < 4.78 is 0. The lowest BCUT2D eigenvalue weighted by atomic mass is 10.0. The number of nitrogens with zero attached hydrogens (tertiary/aromatic N) is 4. The van der Waals surface area contributed by atoms with Gasteiger partial charge in [-0.05, 0) is 20.8 Å². The molecular weight excluding hydrogens is 220 g/mol. The van der Waals surface area contributed by atoms with Gasteiger partial charge >= 0.3 is 5.97 Å². The van der Waals surface area contributed by atoms with E-state index in [0.29, 0.717) is 12.4 Å². The number of nitriles is 1. The van der Waals surface area contributed by atoms with Crippen molar-refractivity contribution in [1.29, 1.82) is 5.26 Å². The molecule has 0 bridgehead atoms. The number of hydrogen-bond donors (Lipinski definition) is 1. The zero-order valence-electron chi connectivity index (χ0n) is 10.0. The number of rotatable bonds is 4. The van der Waals surface area contributed by atoms with E-state index in [-0.39, 0.29) is 5.69 Å². The van der Waals surface area contributed by atoms with Gasteiger partial charge in [-0.1, -0.05) is 0 Å². The number of carboxylic acid groups (broad SMARTS) is 1. The Kier molecular flexibility index (Phi) is 3.63. The van der Waals surface area contributed by atoms with Crippen LogP contribution >= 0.6 is 0 Å². The second-order valence-corrected chi connectivity index (χ2v) is 3.95. The van der Waals surface area contributed by atoms with E-state index in [1.54, 1.807) is 25.7 Å². The van der Waals surface area contributed by atoms with E-state index < -0.39 is 11.5 Å². The van der Waals surface area contributed by atoms with Crippen molar-refractivity contribution < 1.29 is 9.90 Å². The first-order chi connectivity index (χ1) is 7.95. The molecule has 6 nitrogen and oxygen atoms in total. The summed E-state index contributed by atoms with van der Waals surface area (Å²) in [4.78, 5) is 20.7. The molecule has 0 aliphatic heterocycles. The summed E-state index contributed by atoms with van der Waals surface area (Å²) in [5, 5.41) is 18.1. The number of aromatic nitrogens is 2. The first kappa shape index (κ1) is 12.9. The van der Waals surface area contributed by atoms with Crippen molar-refractivity contribution >= 4 is 11.8 Å². The molecule has 0 fully saturated rings. The Balaban J connectivity index is 3.29. The Bertz CT molecular complexity index is 465. The lowest BCUT2D eigenvalue weighted by molar-refractivity contribution is -0.142. The fraction of sp³-hybridized carbons (Fsp3) is 0.455. The van der Waals surface area contributed by atoms with Gasteiger partial charge in [0.1, 0.15) is 11.6 Å². The van der Waals surface area contributed by atoms with Gasteiger partial charge in [-0.25, -0.2) is 14.8 Å². The maximum atomic E-state index is 11.2. The predicted molar refractivity (Wildman–Crippen MR) is 61.5 cm³/mol. The minimum atomic E-state index is -1.14. The molecule has 0 aromatic carbocycles. The van der Waals surface area contributed by atoms with Crippen LogP contribution in [0, 0.1) is 11.3 Å². The molecule has 0 radical (unpaired) electrons. The van der Waals surface area contributed by atoms with Crippen molar-refractivity contribution in [3.63, 3.8) is 0 Å². The summed E-state index contributed by atoms with van der Waals surface area (Å²) in [6.45, 7) is 5.36. The third kappa shape index (κ3) is 2.33. The normalized spacial score (nSPS) is 10.7. The minimum absolute atomic E-state index is 0.128. The van der Waals surface area contributed by atoms with Gasteiger partial charge in [-0.15, -0.1) is 0 Å². The van der Waals surface area contributed by atoms with Crippen LogP contribution in [0.25, 0.3) is 0 Å². The molecule has 90 valence electrons. The van der Waals surface area contributed by atoms with Crippen LogP contribution in [-0.2, 0) is 4.79 Å². The number of anilines is 1.